The van der Waals surface area contributed by atoms with Crippen LogP contribution in [0.4, 0.5) is 13.2 Å². The van der Waals surface area contributed by atoms with Gasteiger partial charge >= 0.3 is 6.18 Å². The van der Waals surface area contributed by atoms with Crippen molar-refractivity contribution in [3.8, 4) is 0 Å². The highest BCUT2D eigenvalue weighted by Gasteiger charge is 2.33. The molecule has 2 rings (SSSR count). The molecule has 94 valence electrons. The van der Waals surface area contributed by atoms with E-state index < -0.39 is 23.2 Å². The van der Waals surface area contributed by atoms with Gasteiger partial charge in [-0.25, -0.2) is 0 Å². The molecule has 0 fully saturated rings. The lowest BCUT2D eigenvalue weighted by Crippen LogP contribution is -2.23. The van der Waals surface area contributed by atoms with Gasteiger partial charge in [0.05, 0.1) is 11.1 Å². The molecule has 0 aliphatic heterocycles. The van der Waals surface area contributed by atoms with Gasteiger partial charge in [-0.15, -0.1) is 0 Å². The number of fused-ring (bicyclic) bond motifs is 1. The summed E-state index contributed by atoms with van der Waals surface area (Å²) in [6, 6.07) is 4.44. The molecule has 0 aliphatic rings. The number of pyridine rings is 1. The van der Waals surface area contributed by atoms with Gasteiger partial charge in [0.1, 0.15) is 5.56 Å². The van der Waals surface area contributed by atoms with Crippen LogP contribution in [0.1, 0.15) is 15.9 Å². The van der Waals surface area contributed by atoms with Gasteiger partial charge in [0.2, 0.25) is 0 Å². The summed E-state index contributed by atoms with van der Waals surface area (Å²) in [5.74, 6) is -0.990. The Kier molecular flexibility index (Phi) is 2.61. The number of carbonyl (C=O) groups is 1. The third-order valence-corrected chi connectivity index (χ3v) is 2.45. The van der Waals surface area contributed by atoms with Crippen LogP contribution in [0.2, 0.25) is 0 Å². The number of rotatable bonds is 1. The SMILES string of the molecule is NC(=O)c1cc2cccc(C(F)(F)F)c2[nH]c1=O. The maximum Gasteiger partial charge on any atom is 0.418 e. The third kappa shape index (κ3) is 1.94. The van der Waals surface area contributed by atoms with Crippen LogP contribution in [0.5, 0.6) is 0 Å². The Morgan fingerprint density at radius 2 is 1.94 bits per heavy atom. The maximum absolute atomic E-state index is 12.7. The molecule has 0 atom stereocenters. The standard InChI is InChI=1S/C11H7F3N2O2/c12-11(13,14)7-3-1-2-5-4-6(9(15)17)10(18)16-8(5)7/h1-4H,(H2,15,17)(H,16,18). The molecular formula is C11H7F3N2O2. The van der Waals surface area contributed by atoms with Crippen molar-refractivity contribution in [2.45, 2.75) is 6.18 Å². The Morgan fingerprint density at radius 3 is 2.50 bits per heavy atom. The minimum Gasteiger partial charge on any atom is -0.365 e. The van der Waals surface area contributed by atoms with Gasteiger partial charge in [-0.3, -0.25) is 9.59 Å². The molecule has 0 saturated carbocycles. The van der Waals surface area contributed by atoms with E-state index in [2.05, 4.69) is 0 Å². The van der Waals surface area contributed by atoms with E-state index in [9.17, 15) is 22.8 Å². The summed E-state index contributed by atoms with van der Waals surface area (Å²) in [7, 11) is 0. The number of alkyl halides is 3. The van der Waals surface area contributed by atoms with Gasteiger partial charge < -0.3 is 10.7 Å². The van der Waals surface area contributed by atoms with Crippen molar-refractivity contribution in [3.63, 3.8) is 0 Å². The Bertz CT molecular complexity index is 689. The van der Waals surface area contributed by atoms with Gasteiger partial charge in [0.25, 0.3) is 11.5 Å². The number of nitrogens with two attached hydrogens (primary N) is 1. The number of halogens is 3. The number of H-pyrrole nitrogens is 1. The zero-order valence-corrected chi connectivity index (χ0v) is 8.84. The van der Waals surface area contributed by atoms with Crippen LogP contribution in [0.3, 0.4) is 0 Å². The lowest BCUT2D eigenvalue weighted by Gasteiger charge is -2.10. The predicted molar refractivity (Wildman–Crippen MR) is 58.1 cm³/mol. The van der Waals surface area contributed by atoms with E-state index in [0.29, 0.717) is 0 Å². The first-order valence-corrected chi connectivity index (χ1v) is 4.84. The number of nitrogens with one attached hydrogen (secondary N) is 1. The Morgan fingerprint density at radius 1 is 1.28 bits per heavy atom. The molecule has 3 N–H and O–H groups in total. The van der Waals surface area contributed by atoms with Crippen LogP contribution in [0.25, 0.3) is 10.9 Å². The Labute approximate surface area is 98.2 Å². The van der Waals surface area contributed by atoms with Crippen LogP contribution < -0.4 is 11.3 Å². The van der Waals surface area contributed by atoms with Crippen LogP contribution in [0.15, 0.2) is 29.1 Å². The number of aromatic nitrogens is 1. The highest BCUT2D eigenvalue weighted by Crippen LogP contribution is 2.33. The van der Waals surface area contributed by atoms with E-state index in [1.54, 1.807) is 0 Å². The van der Waals surface area contributed by atoms with Crippen LogP contribution in [0, 0.1) is 0 Å². The molecule has 1 aromatic heterocycles. The van der Waals surface area contributed by atoms with Crippen molar-refractivity contribution in [1.29, 1.82) is 0 Å². The number of hydrogen-bond acceptors (Lipinski definition) is 2. The van der Waals surface area contributed by atoms with Crippen LogP contribution >= 0.6 is 0 Å². The third-order valence-electron chi connectivity index (χ3n) is 2.45. The highest BCUT2D eigenvalue weighted by molar-refractivity contribution is 5.96. The summed E-state index contributed by atoms with van der Waals surface area (Å²) in [6.45, 7) is 0. The van der Waals surface area contributed by atoms with Crippen LogP contribution in [-0.4, -0.2) is 10.9 Å². The molecule has 1 aromatic carbocycles. The molecular weight excluding hydrogens is 249 g/mol. The molecule has 1 heterocycles. The van der Waals surface area contributed by atoms with Crippen LogP contribution in [-0.2, 0) is 6.18 Å². The lowest BCUT2D eigenvalue weighted by atomic mass is 10.1. The first-order chi connectivity index (χ1) is 8.30. The zero-order valence-electron chi connectivity index (χ0n) is 8.84. The number of amides is 1. The van der Waals surface area contributed by atoms with E-state index in [1.807, 2.05) is 4.98 Å². The summed E-state index contributed by atoms with van der Waals surface area (Å²) < 4.78 is 38.1. The van der Waals surface area contributed by atoms with Crippen molar-refractivity contribution in [2.75, 3.05) is 0 Å². The molecule has 0 bridgehead atoms. The number of benzene rings is 1. The molecule has 18 heavy (non-hydrogen) atoms. The fraction of sp³-hybridized carbons (Fsp3) is 0.0909. The molecule has 2 aromatic rings. The summed E-state index contributed by atoms with van der Waals surface area (Å²) in [6.07, 6.45) is -4.59. The number of para-hydroxylation sites is 1. The molecule has 0 spiro atoms. The van der Waals surface area contributed by atoms with Gasteiger partial charge in [0.15, 0.2) is 0 Å². The minimum absolute atomic E-state index is 0.0956. The van der Waals surface area contributed by atoms with E-state index >= 15 is 0 Å². The van der Waals surface area contributed by atoms with E-state index in [1.165, 1.54) is 12.1 Å². The van der Waals surface area contributed by atoms with Gasteiger partial charge in [-0.05, 0) is 17.5 Å². The fourth-order valence-electron chi connectivity index (χ4n) is 1.65. The van der Waals surface area contributed by atoms with Gasteiger partial charge in [0, 0.05) is 0 Å². The molecule has 1 amide bonds. The van der Waals surface area contributed by atoms with Crippen molar-refractivity contribution in [3.05, 3.63) is 45.7 Å². The molecule has 7 heteroatoms. The topological polar surface area (TPSA) is 76.0 Å². The van der Waals surface area contributed by atoms with Gasteiger partial charge in [-0.2, -0.15) is 13.2 Å². The smallest absolute Gasteiger partial charge is 0.365 e. The van der Waals surface area contributed by atoms with Crippen molar-refractivity contribution in [2.24, 2.45) is 5.73 Å². The van der Waals surface area contributed by atoms with Crippen molar-refractivity contribution < 1.29 is 18.0 Å². The Hall–Kier alpha value is -2.31. The minimum atomic E-state index is -4.59. The lowest BCUT2D eigenvalue weighted by molar-refractivity contribution is -0.136. The average Bonchev–Trinajstić information content (AvgIpc) is 2.25. The normalized spacial score (nSPS) is 11.7. The predicted octanol–water partition coefficient (Wildman–Crippen LogP) is 1.65. The summed E-state index contributed by atoms with van der Waals surface area (Å²) in [5, 5.41) is 0.0956. The quantitative estimate of drug-likeness (QED) is 0.813. The summed E-state index contributed by atoms with van der Waals surface area (Å²) >= 11 is 0. The first-order valence-electron chi connectivity index (χ1n) is 4.84. The summed E-state index contributed by atoms with van der Waals surface area (Å²) in [4.78, 5) is 24.4. The second-order valence-corrected chi connectivity index (χ2v) is 3.64. The average molecular weight is 256 g/mol. The van der Waals surface area contributed by atoms with E-state index in [0.717, 1.165) is 12.1 Å². The van der Waals surface area contributed by atoms with Crippen molar-refractivity contribution >= 4 is 16.8 Å². The van der Waals surface area contributed by atoms with Crippen molar-refractivity contribution in [1.82, 2.24) is 4.98 Å². The highest BCUT2D eigenvalue weighted by atomic mass is 19.4. The summed E-state index contributed by atoms with van der Waals surface area (Å²) in [5.41, 5.74) is 2.31. The number of primary amides is 1. The number of aromatic amines is 1. The monoisotopic (exact) mass is 256 g/mol. The number of carbonyl (C=O) groups excluding carboxylic acids is 1. The fourth-order valence-corrected chi connectivity index (χ4v) is 1.65. The molecule has 0 radical (unpaired) electrons. The zero-order chi connectivity index (χ0) is 13.5. The van der Waals surface area contributed by atoms with E-state index in [-0.39, 0.29) is 16.5 Å². The molecule has 0 unspecified atom stereocenters. The second-order valence-electron chi connectivity index (χ2n) is 3.64. The second kappa shape index (κ2) is 3.86. The number of hydrogen-bond donors (Lipinski definition) is 2. The Balaban J connectivity index is 2.85. The molecule has 0 aliphatic carbocycles. The van der Waals surface area contributed by atoms with E-state index in [4.69, 9.17) is 5.73 Å². The largest absolute Gasteiger partial charge is 0.418 e. The first kappa shape index (κ1) is 12.2. The molecule has 0 saturated heterocycles. The molecule has 4 nitrogen and oxygen atoms in total. The maximum atomic E-state index is 12.7. The van der Waals surface area contributed by atoms with Gasteiger partial charge in [-0.1, -0.05) is 12.1 Å².